The zero-order chi connectivity index (χ0) is 40.7. The van der Waals surface area contributed by atoms with Crippen LogP contribution in [0, 0.1) is 0 Å². The topological polar surface area (TPSA) is 69.6 Å². The summed E-state index contributed by atoms with van der Waals surface area (Å²) in [6.45, 7) is 4.30. The fourth-order valence-corrected chi connectivity index (χ4v) is 8.00. The second kappa shape index (κ2) is 48.2. The third-order valence-corrected chi connectivity index (χ3v) is 11.9. The van der Waals surface area contributed by atoms with Crippen LogP contribution in [0.1, 0.15) is 284 Å². The van der Waals surface area contributed by atoms with E-state index in [9.17, 15) is 15.0 Å². The summed E-state index contributed by atoms with van der Waals surface area (Å²) in [5, 5.41) is 22.9. The van der Waals surface area contributed by atoms with E-state index in [0.29, 0.717) is 6.42 Å². The molecular weight excluding hydrogens is 687 g/mol. The van der Waals surface area contributed by atoms with Crippen LogP contribution in [0.15, 0.2) is 24.3 Å². The summed E-state index contributed by atoms with van der Waals surface area (Å²) in [6, 6.07) is -0.617. The number of amides is 1. The number of aliphatic hydroxyl groups excluding tert-OH is 2. The fraction of sp³-hybridized carbons (Fsp3) is 0.904. The van der Waals surface area contributed by atoms with Gasteiger partial charge in [0.05, 0.1) is 18.8 Å². The molecule has 4 heteroatoms. The van der Waals surface area contributed by atoms with Gasteiger partial charge >= 0.3 is 0 Å². The van der Waals surface area contributed by atoms with Crippen molar-refractivity contribution >= 4 is 5.91 Å². The van der Waals surface area contributed by atoms with Gasteiger partial charge in [-0.15, -0.1) is 0 Å². The monoisotopic (exact) mass is 788 g/mol. The zero-order valence-electron chi connectivity index (χ0n) is 38.2. The molecule has 2 atom stereocenters. The standard InChI is InChI=1S/C52H101NO3/c1-3-5-7-9-11-13-14-15-16-17-18-19-20-21-22-23-24-25-26-27-28-29-30-31-32-33-34-35-36-37-38-40-42-44-46-48-52(56)53-50(49-54)51(55)47-45-43-41-39-12-10-8-6-4-2/h23-24,45,47,50-51,54-55H,3-22,25-44,46,48-49H2,1-2H3,(H,53,56)/b24-23-,47-45+. The molecule has 0 saturated carbocycles. The molecule has 56 heavy (non-hydrogen) atoms. The number of rotatable bonds is 47. The molecule has 3 N–H and O–H groups in total. The Labute approximate surface area is 351 Å². The summed E-state index contributed by atoms with van der Waals surface area (Å²) in [7, 11) is 0. The predicted octanol–water partition coefficient (Wildman–Crippen LogP) is 16.4. The molecule has 0 aliphatic heterocycles. The quantitative estimate of drug-likeness (QED) is 0.0425. The van der Waals surface area contributed by atoms with Gasteiger partial charge in [0.25, 0.3) is 0 Å². The van der Waals surface area contributed by atoms with E-state index in [1.807, 2.05) is 6.08 Å². The van der Waals surface area contributed by atoms with E-state index >= 15 is 0 Å². The number of allylic oxidation sites excluding steroid dienone is 3. The van der Waals surface area contributed by atoms with Gasteiger partial charge in [0.15, 0.2) is 0 Å². The average molecular weight is 788 g/mol. The lowest BCUT2D eigenvalue weighted by molar-refractivity contribution is -0.123. The minimum absolute atomic E-state index is 0.0627. The predicted molar refractivity (Wildman–Crippen MR) is 249 cm³/mol. The van der Waals surface area contributed by atoms with Crippen LogP contribution in [0.2, 0.25) is 0 Å². The number of carbonyl (C=O) groups is 1. The van der Waals surface area contributed by atoms with Crippen LogP contribution < -0.4 is 5.32 Å². The molecule has 332 valence electrons. The number of nitrogens with one attached hydrogen (secondary N) is 1. The number of aliphatic hydroxyl groups is 2. The molecule has 1 amide bonds. The molecule has 4 nitrogen and oxygen atoms in total. The first-order chi connectivity index (χ1) is 27.7. The number of unbranched alkanes of at least 4 members (excludes halogenated alkanes) is 38. The summed E-state index contributed by atoms with van der Waals surface area (Å²) in [4.78, 5) is 12.4. The van der Waals surface area contributed by atoms with Crippen molar-refractivity contribution < 1.29 is 15.0 Å². The van der Waals surface area contributed by atoms with E-state index in [-0.39, 0.29) is 12.5 Å². The molecule has 0 aromatic heterocycles. The first-order valence-electron chi connectivity index (χ1n) is 25.6. The third kappa shape index (κ3) is 44.0. The van der Waals surface area contributed by atoms with Gasteiger partial charge in [0, 0.05) is 6.42 Å². The van der Waals surface area contributed by atoms with Crippen molar-refractivity contribution in [2.24, 2.45) is 0 Å². The van der Waals surface area contributed by atoms with Crippen molar-refractivity contribution in [2.75, 3.05) is 6.61 Å². The van der Waals surface area contributed by atoms with Gasteiger partial charge < -0.3 is 15.5 Å². The molecule has 0 aromatic rings. The molecule has 0 fully saturated rings. The molecule has 0 bridgehead atoms. The van der Waals surface area contributed by atoms with E-state index in [2.05, 4.69) is 31.3 Å². The third-order valence-electron chi connectivity index (χ3n) is 11.9. The minimum Gasteiger partial charge on any atom is -0.394 e. The highest BCUT2D eigenvalue weighted by molar-refractivity contribution is 5.76. The van der Waals surface area contributed by atoms with Gasteiger partial charge in [-0.1, -0.05) is 256 Å². The summed E-state index contributed by atoms with van der Waals surface area (Å²) in [5.41, 5.74) is 0. The van der Waals surface area contributed by atoms with Crippen LogP contribution >= 0.6 is 0 Å². The van der Waals surface area contributed by atoms with E-state index < -0.39 is 12.1 Å². The van der Waals surface area contributed by atoms with Crippen molar-refractivity contribution in [1.29, 1.82) is 0 Å². The van der Waals surface area contributed by atoms with Crippen LogP contribution in [0.4, 0.5) is 0 Å². The fourth-order valence-electron chi connectivity index (χ4n) is 8.00. The summed E-state index contributed by atoms with van der Waals surface area (Å²) in [6.07, 6.45) is 63.5. The average Bonchev–Trinajstić information content (AvgIpc) is 3.20. The normalized spacial score (nSPS) is 13.0. The highest BCUT2D eigenvalue weighted by Gasteiger charge is 2.18. The van der Waals surface area contributed by atoms with Gasteiger partial charge in [-0.25, -0.2) is 0 Å². The second-order valence-corrected chi connectivity index (χ2v) is 17.6. The molecule has 0 radical (unpaired) electrons. The zero-order valence-corrected chi connectivity index (χ0v) is 38.2. The van der Waals surface area contributed by atoms with E-state index in [0.717, 1.165) is 25.7 Å². The lowest BCUT2D eigenvalue weighted by Gasteiger charge is -2.20. The Bertz CT molecular complexity index is 810. The van der Waals surface area contributed by atoms with E-state index in [1.165, 1.54) is 238 Å². The van der Waals surface area contributed by atoms with Crippen LogP contribution in [0.5, 0.6) is 0 Å². The lowest BCUT2D eigenvalue weighted by atomic mass is 10.0. The van der Waals surface area contributed by atoms with Crippen LogP contribution in [-0.4, -0.2) is 34.9 Å². The maximum absolute atomic E-state index is 12.4. The molecule has 0 spiro atoms. The van der Waals surface area contributed by atoms with Crippen LogP contribution in [0.25, 0.3) is 0 Å². The molecule has 0 aromatic carbocycles. The summed E-state index contributed by atoms with van der Waals surface area (Å²) < 4.78 is 0. The Kier molecular flexibility index (Phi) is 47.3. The van der Waals surface area contributed by atoms with Crippen molar-refractivity contribution in [3.8, 4) is 0 Å². The Morgan fingerprint density at radius 1 is 0.411 bits per heavy atom. The Hall–Kier alpha value is -1.13. The smallest absolute Gasteiger partial charge is 0.220 e. The molecule has 0 rings (SSSR count). The van der Waals surface area contributed by atoms with E-state index in [4.69, 9.17) is 0 Å². The molecule has 2 unspecified atom stereocenters. The highest BCUT2D eigenvalue weighted by Crippen LogP contribution is 2.17. The summed E-state index contributed by atoms with van der Waals surface area (Å²) in [5.74, 6) is -0.0627. The van der Waals surface area contributed by atoms with E-state index in [1.54, 1.807) is 6.08 Å². The maximum Gasteiger partial charge on any atom is 0.220 e. The largest absolute Gasteiger partial charge is 0.394 e. The molecule has 0 aliphatic rings. The Morgan fingerprint density at radius 3 is 0.982 bits per heavy atom. The van der Waals surface area contributed by atoms with Crippen molar-refractivity contribution in [3.63, 3.8) is 0 Å². The van der Waals surface area contributed by atoms with Gasteiger partial charge in [-0.3, -0.25) is 4.79 Å². The maximum atomic E-state index is 12.4. The van der Waals surface area contributed by atoms with Gasteiger partial charge in [-0.05, 0) is 44.9 Å². The molecule has 0 saturated heterocycles. The lowest BCUT2D eigenvalue weighted by Crippen LogP contribution is -2.45. The van der Waals surface area contributed by atoms with Gasteiger partial charge in [0.2, 0.25) is 5.91 Å². The Balaban J connectivity index is 3.36. The number of carbonyl (C=O) groups excluding carboxylic acids is 1. The van der Waals surface area contributed by atoms with Crippen LogP contribution in [-0.2, 0) is 4.79 Å². The first-order valence-corrected chi connectivity index (χ1v) is 25.6. The molecule has 0 aliphatic carbocycles. The van der Waals surface area contributed by atoms with Crippen molar-refractivity contribution in [2.45, 2.75) is 296 Å². The summed E-state index contributed by atoms with van der Waals surface area (Å²) >= 11 is 0. The Morgan fingerprint density at radius 2 is 0.679 bits per heavy atom. The van der Waals surface area contributed by atoms with Gasteiger partial charge in [-0.2, -0.15) is 0 Å². The molecule has 0 heterocycles. The number of hydrogen-bond acceptors (Lipinski definition) is 3. The number of hydrogen-bond donors (Lipinski definition) is 3. The minimum atomic E-state index is -0.834. The van der Waals surface area contributed by atoms with Gasteiger partial charge in [0.1, 0.15) is 0 Å². The second-order valence-electron chi connectivity index (χ2n) is 17.6. The first kappa shape index (κ1) is 54.9. The van der Waals surface area contributed by atoms with Crippen molar-refractivity contribution in [1.82, 2.24) is 5.32 Å². The molecular formula is C52H101NO3. The SMILES string of the molecule is CCCCCCCCC/C=C/C(O)C(CO)NC(=O)CCCCCCCCCCCCCCCCCCC/C=C\CCCCCCCCCCCCCCCC. The van der Waals surface area contributed by atoms with Crippen molar-refractivity contribution in [3.05, 3.63) is 24.3 Å². The highest BCUT2D eigenvalue weighted by atomic mass is 16.3. The van der Waals surface area contributed by atoms with Crippen LogP contribution in [0.3, 0.4) is 0 Å².